The molecule has 18 heavy (non-hydrogen) atoms. The summed E-state index contributed by atoms with van der Waals surface area (Å²) in [5.41, 5.74) is 3.83. The lowest BCUT2D eigenvalue weighted by Crippen LogP contribution is -2.22. The largest absolute Gasteiger partial charge is 0.311 e. The fraction of sp³-hybridized carbons (Fsp3) is 0.308. The standard InChI is InChI=1S/C13H14N2S.2BrH/c1-9-2-4-10(5-3-9)13-15-11-6-7-14-8-12(11)16-13;;/h2-5,14H,6-8H2,1H3;2*1H. The summed E-state index contributed by atoms with van der Waals surface area (Å²) in [6.07, 6.45) is 1.07. The van der Waals surface area contributed by atoms with Gasteiger partial charge in [-0.2, -0.15) is 0 Å². The Morgan fingerprint density at radius 1 is 1.17 bits per heavy atom. The number of fused-ring (bicyclic) bond motifs is 1. The maximum atomic E-state index is 4.73. The number of benzene rings is 1. The summed E-state index contributed by atoms with van der Waals surface area (Å²) >= 11 is 1.82. The molecule has 0 fully saturated rings. The summed E-state index contributed by atoms with van der Waals surface area (Å²) in [5, 5.41) is 4.55. The Hall–Kier alpha value is -0.230. The minimum Gasteiger partial charge on any atom is -0.311 e. The van der Waals surface area contributed by atoms with Crippen LogP contribution in [-0.4, -0.2) is 11.5 Å². The third kappa shape index (κ3) is 3.20. The summed E-state index contributed by atoms with van der Waals surface area (Å²) in [5.74, 6) is 0. The van der Waals surface area contributed by atoms with Gasteiger partial charge in [-0.3, -0.25) is 0 Å². The number of aryl methyl sites for hydroxylation is 1. The van der Waals surface area contributed by atoms with Crippen LogP contribution >= 0.6 is 45.3 Å². The van der Waals surface area contributed by atoms with Crippen molar-refractivity contribution in [2.75, 3.05) is 6.54 Å². The molecule has 1 aromatic heterocycles. The van der Waals surface area contributed by atoms with Crippen LogP contribution in [0.2, 0.25) is 0 Å². The van der Waals surface area contributed by atoms with Crippen molar-refractivity contribution in [1.29, 1.82) is 0 Å². The molecule has 0 aliphatic carbocycles. The summed E-state index contributed by atoms with van der Waals surface area (Å²) in [7, 11) is 0. The lowest BCUT2D eigenvalue weighted by atomic mass is 10.1. The maximum absolute atomic E-state index is 4.73. The number of hydrogen-bond acceptors (Lipinski definition) is 3. The third-order valence-electron chi connectivity index (χ3n) is 2.90. The monoisotopic (exact) mass is 390 g/mol. The quantitative estimate of drug-likeness (QED) is 0.796. The molecule has 1 aliphatic rings. The van der Waals surface area contributed by atoms with Gasteiger partial charge in [-0.1, -0.05) is 29.8 Å². The molecule has 0 atom stereocenters. The maximum Gasteiger partial charge on any atom is 0.123 e. The van der Waals surface area contributed by atoms with E-state index >= 15 is 0 Å². The molecule has 2 nitrogen and oxygen atoms in total. The number of aromatic nitrogens is 1. The van der Waals surface area contributed by atoms with Gasteiger partial charge in [0.15, 0.2) is 0 Å². The zero-order chi connectivity index (χ0) is 11.0. The molecule has 5 heteroatoms. The van der Waals surface area contributed by atoms with Crippen LogP contribution < -0.4 is 5.32 Å². The first-order chi connectivity index (χ1) is 7.83. The number of hydrogen-bond donors (Lipinski definition) is 1. The summed E-state index contributed by atoms with van der Waals surface area (Å²) in [6.45, 7) is 4.16. The zero-order valence-corrected chi connectivity index (χ0v) is 14.3. The fourth-order valence-corrected chi connectivity index (χ4v) is 3.03. The van der Waals surface area contributed by atoms with Crippen molar-refractivity contribution in [3.05, 3.63) is 40.4 Å². The highest BCUT2D eigenvalue weighted by Crippen LogP contribution is 2.29. The molecule has 1 aliphatic heterocycles. The number of halogens is 2. The van der Waals surface area contributed by atoms with E-state index in [0.29, 0.717) is 0 Å². The highest BCUT2D eigenvalue weighted by atomic mass is 79.9. The molecule has 1 aromatic carbocycles. The predicted molar refractivity (Wildman–Crippen MR) is 88.3 cm³/mol. The first kappa shape index (κ1) is 15.8. The van der Waals surface area contributed by atoms with E-state index in [1.165, 1.54) is 21.7 Å². The summed E-state index contributed by atoms with van der Waals surface area (Å²) in [4.78, 5) is 6.13. The fourth-order valence-electron chi connectivity index (χ4n) is 1.95. The average Bonchev–Trinajstić information content (AvgIpc) is 2.73. The van der Waals surface area contributed by atoms with Gasteiger partial charge in [-0.05, 0) is 6.92 Å². The van der Waals surface area contributed by atoms with Crippen LogP contribution in [0.25, 0.3) is 10.6 Å². The number of rotatable bonds is 1. The molecule has 98 valence electrons. The highest BCUT2D eigenvalue weighted by Gasteiger charge is 2.15. The van der Waals surface area contributed by atoms with E-state index in [0.717, 1.165) is 24.5 Å². The molecule has 0 amide bonds. The third-order valence-corrected chi connectivity index (χ3v) is 4.05. The molecule has 2 heterocycles. The van der Waals surface area contributed by atoms with Crippen molar-refractivity contribution in [3.8, 4) is 10.6 Å². The second-order valence-electron chi connectivity index (χ2n) is 4.18. The van der Waals surface area contributed by atoms with Crippen molar-refractivity contribution < 1.29 is 0 Å². The smallest absolute Gasteiger partial charge is 0.123 e. The van der Waals surface area contributed by atoms with Crippen LogP contribution in [0.4, 0.5) is 0 Å². The normalized spacial score (nSPS) is 13.2. The molecular formula is C13H16Br2N2S. The van der Waals surface area contributed by atoms with Gasteiger partial charge in [-0.25, -0.2) is 4.98 Å². The first-order valence-electron chi connectivity index (χ1n) is 5.59. The van der Waals surface area contributed by atoms with E-state index in [9.17, 15) is 0 Å². The lowest BCUT2D eigenvalue weighted by Gasteiger charge is -2.09. The Bertz CT molecular complexity index is 485. The van der Waals surface area contributed by atoms with Gasteiger partial charge in [0.05, 0.1) is 5.69 Å². The predicted octanol–water partition coefficient (Wildman–Crippen LogP) is 3.92. The van der Waals surface area contributed by atoms with Crippen molar-refractivity contribution >= 4 is 45.3 Å². The topological polar surface area (TPSA) is 24.9 Å². The van der Waals surface area contributed by atoms with Gasteiger partial charge in [0.2, 0.25) is 0 Å². The molecular weight excluding hydrogens is 376 g/mol. The first-order valence-corrected chi connectivity index (χ1v) is 6.41. The lowest BCUT2D eigenvalue weighted by molar-refractivity contribution is 0.644. The molecule has 0 unspecified atom stereocenters. The van der Waals surface area contributed by atoms with Crippen LogP contribution in [0.15, 0.2) is 24.3 Å². The zero-order valence-electron chi connectivity index (χ0n) is 10.1. The van der Waals surface area contributed by atoms with E-state index < -0.39 is 0 Å². The van der Waals surface area contributed by atoms with Gasteiger partial charge >= 0.3 is 0 Å². The molecule has 0 radical (unpaired) electrons. The minimum absolute atomic E-state index is 0. The van der Waals surface area contributed by atoms with E-state index in [1.54, 1.807) is 0 Å². The number of thiazole rings is 1. The average molecular weight is 392 g/mol. The van der Waals surface area contributed by atoms with E-state index in [-0.39, 0.29) is 34.0 Å². The number of nitrogens with zero attached hydrogens (tertiary/aromatic N) is 1. The summed E-state index contributed by atoms with van der Waals surface area (Å²) in [6, 6.07) is 8.61. The SMILES string of the molecule is Br.Br.Cc1ccc(-c2nc3c(s2)CNCC3)cc1. The van der Waals surface area contributed by atoms with Crippen molar-refractivity contribution in [2.24, 2.45) is 0 Å². The molecule has 2 aromatic rings. The molecule has 0 bridgehead atoms. The van der Waals surface area contributed by atoms with E-state index in [1.807, 2.05) is 11.3 Å². The van der Waals surface area contributed by atoms with Crippen molar-refractivity contribution in [1.82, 2.24) is 10.3 Å². The van der Waals surface area contributed by atoms with Gasteiger partial charge < -0.3 is 5.32 Å². The molecule has 0 spiro atoms. The summed E-state index contributed by atoms with van der Waals surface area (Å²) < 4.78 is 0. The molecule has 0 saturated heterocycles. The van der Waals surface area contributed by atoms with Gasteiger partial charge in [0.25, 0.3) is 0 Å². The van der Waals surface area contributed by atoms with Crippen molar-refractivity contribution in [3.63, 3.8) is 0 Å². The van der Waals surface area contributed by atoms with Crippen LogP contribution in [-0.2, 0) is 13.0 Å². The van der Waals surface area contributed by atoms with E-state index in [2.05, 4.69) is 36.5 Å². The molecule has 1 N–H and O–H groups in total. The Labute approximate surface area is 132 Å². The Kier molecular flexibility index (Phi) is 5.98. The number of nitrogens with one attached hydrogen (secondary N) is 1. The van der Waals surface area contributed by atoms with Gasteiger partial charge in [-0.15, -0.1) is 45.3 Å². The Morgan fingerprint density at radius 2 is 1.89 bits per heavy atom. The van der Waals surface area contributed by atoms with Crippen molar-refractivity contribution in [2.45, 2.75) is 19.9 Å². The second-order valence-corrected chi connectivity index (χ2v) is 5.27. The van der Waals surface area contributed by atoms with Crippen LogP contribution in [0.5, 0.6) is 0 Å². The Morgan fingerprint density at radius 3 is 2.56 bits per heavy atom. The van der Waals surface area contributed by atoms with Crippen LogP contribution in [0, 0.1) is 6.92 Å². The highest BCUT2D eigenvalue weighted by molar-refractivity contribution is 8.93. The van der Waals surface area contributed by atoms with E-state index in [4.69, 9.17) is 4.98 Å². The molecule has 3 rings (SSSR count). The second kappa shape index (κ2) is 6.80. The minimum atomic E-state index is 0. The van der Waals surface area contributed by atoms with Gasteiger partial charge in [0, 0.05) is 30.0 Å². The molecule has 0 saturated carbocycles. The van der Waals surface area contributed by atoms with Crippen LogP contribution in [0.3, 0.4) is 0 Å². The van der Waals surface area contributed by atoms with Gasteiger partial charge in [0.1, 0.15) is 5.01 Å². The van der Waals surface area contributed by atoms with Crippen LogP contribution in [0.1, 0.15) is 16.1 Å². The Balaban J connectivity index is 0.000000810.